The molecule has 2 heterocycles. The summed E-state index contributed by atoms with van der Waals surface area (Å²) in [5, 5.41) is 0.565. The van der Waals surface area contributed by atoms with E-state index in [9.17, 15) is 9.18 Å². The Morgan fingerprint density at radius 3 is 3.00 bits per heavy atom. The molecule has 0 aliphatic carbocycles. The molecule has 1 aromatic carbocycles. The van der Waals surface area contributed by atoms with Gasteiger partial charge in [0.1, 0.15) is 11.6 Å². The Bertz CT molecular complexity index is 783. The Morgan fingerprint density at radius 2 is 2.27 bits per heavy atom. The third-order valence-corrected chi connectivity index (χ3v) is 4.27. The summed E-state index contributed by atoms with van der Waals surface area (Å²) in [4.78, 5) is 18.4. The third kappa shape index (κ3) is 3.01. The number of hydrogen-bond acceptors (Lipinski definition) is 4. The average molecular weight is 318 g/mol. The molecule has 0 fully saturated rings. The molecule has 22 heavy (non-hydrogen) atoms. The van der Waals surface area contributed by atoms with Gasteiger partial charge < -0.3 is 4.42 Å². The van der Waals surface area contributed by atoms with Gasteiger partial charge in [0, 0.05) is 6.42 Å². The summed E-state index contributed by atoms with van der Waals surface area (Å²) >= 11 is 1.31. The lowest BCUT2D eigenvalue weighted by atomic mass is 10.3. The first-order valence-electron chi connectivity index (χ1n) is 7.06. The molecule has 0 N–H and O–H groups in total. The molecule has 3 rings (SSSR count). The maximum atomic E-state index is 13.3. The van der Waals surface area contributed by atoms with Crippen molar-refractivity contribution in [3.63, 3.8) is 0 Å². The van der Waals surface area contributed by atoms with Crippen LogP contribution in [0.4, 0.5) is 9.52 Å². The zero-order valence-electron chi connectivity index (χ0n) is 12.1. The molecule has 3 aromatic rings. The normalized spacial score (nSPS) is 11.0. The van der Waals surface area contributed by atoms with Crippen LogP contribution in [0.2, 0.25) is 0 Å². The topological polar surface area (TPSA) is 46.3 Å². The Kier molecular flexibility index (Phi) is 4.20. The Balaban J connectivity index is 1.96. The van der Waals surface area contributed by atoms with Crippen LogP contribution in [0.5, 0.6) is 0 Å². The van der Waals surface area contributed by atoms with Gasteiger partial charge in [-0.05, 0) is 36.8 Å². The van der Waals surface area contributed by atoms with Gasteiger partial charge in [0.15, 0.2) is 5.13 Å². The van der Waals surface area contributed by atoms with Gasteiger partial charge >= 0.3 is 0 Å². The molecule has 0 saturated carbocycles. The van der Waals surface area contributed by atoms with E-state index in [1.165, 1.54) is 23.5 Å². The van der Waals surface area contributed by atoms with E-state index in [1.54, 1.807) is 23.3 Å². The number of anilines is 1. The largest absolute Gasteiger partial charge is 0.467 e. The molecule has 0 atom stereocenters. The maximum absolute atomic E-state index is 13.3. The lowest BCUT2D eigenvalue weighted by Gasteiger charge is -2.18. The lowest BCUT2D eigenvalue weighted by Crippen LogP contribution is -2.29. The highest BCUT2D eigenvalue weighted by molar-refractivity contribution is 7.22. The van der Waals surface area contributed by atoms with Crippen LogP contribution in [0.3, 0.4) is 0 Å². The van der Waals surface area contributed by atoms with Crippen molar-refractivity contribution in [1.82, 2.24) is 4.98 Å². The first-order valence-corrected chi connectivity index (χ1v) is 7.88. The number of carbonyl (C=O) groups is 1. The summed E-state index contributed by atoms with van der Waals surface area (Å²) in [5.74, 6) is 0.369. The van der Waals surface area contributed by atoms with Crippen molar-refractivity contribution in [1.29, 1.82) is 0 Å². The number of thiazole rings is 1. The van der Waals surface area contributed by atoms with Gasteiger partial charge in [0.2, 0.25) is 5.91 Å². The number of halogens is 1. The molecule has 0 saturated heterocycles. The molecule has 4 nitrogen and oxygen atoms in total. The number of benzene rings is 1. The molecule has 0 bridgehead atoms. The molecule has 1 amide bonds. The van der Waals surface area contributed by atoms with Crippen molar-refractivity contribution in [2.24, 2.45) is 0 Å². The second kappa shape index (κ2) is 6.27. The number of amides is 1. The van der Waals surface area contributed by atoms with Crippen LogP contribution in [-0.2, 0) is 11.3 Å². The number of furan rings is 1. The van der Waals surface area contributed by atoms with E-state index >= 15 is 0 Å². The van der Waals surface area contributed by atoms with E-state index in [2.05, 4.69) is 4.98 Å². The van der Waals surface area contributed by atoms with Gasteiger partial charge in [-0.3, -0.25) is 9.69 Å². The summed E-state index contributed by atoms with van der Waals surface area (Å²) in [6.07, 6.45) is 2.77. The van der Waals surface area contributed by atoms with Gasteiger partial charge in [0.05, 0.1) is 23.0 Å². The van der Waals surface area contributed by atoms with Crippen LogP contribution >= 0.6 is 11.3 Å². The predicted molar refractivity (Wildman–Crippen MR) is 84.4 cm³/mol. The molecule has 114 valence electrons. The first kappa shape index (κ1) is 14.7. The van der Waals surface area contributed by atoms with E-state index in [4.69, 9.17) is 4.42 Å². The number of rotatable bonds is 5. The highest BCUT2D eigenvalue weighted by atomic mass is 32.1. The number of aromatic nitrogens is 1. The highest BCUT2D eigenvalue weighted by Gasteiger charge is 2.20. The minimum Gasteiger partial charge on any atom is -0.467 e. The van der Waals surface area contributed by atoms with E-state index in [-0.39, 0.29) is 11.7 Å². The fourth-order valence-electron chi connectivity index (χ4n) is 2.17. The fourth-order valence-corrected chi connectivity index (χ4v) is 3.18. The van der Waals surface area contributed by atoms with Crippen LogP contribution in [-0.4, -0.2) is 10.9 Å². The maximum Gasteiger partial charge on any atom is 0.229 e. The van der Waals surface area contributed by atoms with E-state index in [1.807, 2.05) is 13.0 Å². The van der Waals surface area contributed by atoms with Gasteiger partial charge in [-0.2, -0.15) is 0 Å². The summed E-state index contributed by atoms with van der Waals surface area (Å²) in [6.45, 7) is 2.28. The van der Waals surface area contributed by atoms with Crippen molar-refractivity contribution in [3.8, 4) is 0 Å². The molecule has 0 aliphatic rings. The van der Waals surface area contributed by atoms with Crippen molar-refractivity contribution in [3.05, 3.63) is 48.2 Å². The molecule has 0 spiro atoms. The van der Waals surface area contributed by atoms with Gasteiger partial charge in [-0.15, -0.1) is 0 Å². The Labute approximate surface area is 131 Å². The standard InChI is InChI=1S/C16H15FN2O2S/c1-2-4-15(20)19(10-12-5-3-8-21-12)16-18-13-7-6-11(17)9-14(13)22-16/h3,5-9H,2,4,10H2,1H3. The van der Waals surface area contributed by atoms with E-state index in [0.717, 1.165) is 11.1 Å². The van der Waals surface area contributed by atoms with Crippen LogP contribution < -0.4 is 4.90 Å². The fraction of sp³-hybridized carbons (Fsp3) is 0.250. The quantitative estimate of drug-likeness (QED) is 0.702. The molecule has 0 radical (unpaired) electrons. The summed E-state index contributed by atoms with van der Waals surface area (Å²) in [6, 6.07) is 8.03. The lowest BCUT2D eigenvalue weighted by molar-refractivity contribution is -0.118. The Morgan fingerprint density at radius 1 is 1.41 bits per heavy atom. The second-order valence-electron chi connectivity index (χ2n) is 4.92. The van der Waals surface area contributed by atoms with Crippen molar-refractivity contribution >= 4 is 32.6 Å². The van der Waals surface area contributed by atoms with Gasteiger partial charge in [-0.1, -0.05) is 18.3 Å². The van der Waals surface area contributed by atoms with Gasteiger partial charge in [0.25, 0.3) is 0 Å². The number of nitrogens with zero attached hydrogens (tertiary/aromatic N) is 2. The molecular weight excluding hydrogens is 303 g/mol. The molecule has 0 aliphatic heterocycles. The summed E-state index contributed by atoms with van der Waals surface area (Å²) < 4.78 is 19.4. The van der Waals surface area contributed by atoms with Crippen LogP contribution in [0.1, 0.15) is 25.5 Å². The minimum absolute atomic E-state index is 0.0153. The van der Waals surface area contributed by atoms with Crippen LogP contribution in [0.25, 0.3) is 10.2 Å². The molecular formula is C16H15FN2O2S. The number of carbonyl (C=O) groups excluding carboxylic acids is 1. The van der Waals surface area contributed by atoms with Crippen LogP contribution in [0.15, 0.2) is 41.0 Å². The molecule has 6 heteroatoms. The second-order valence-corrected chi connectivity index (χ2v) is 5.93. The zero-order valence-corrected chi connectivity index (χ0v) is 12.9. The average Bonchev–Trinajstić information content (AvgIpc) is 3.13. The first-order chi connectivity index (χ1) is 10.7. The predicted octanol–water partition coefficient (Wildman–Crippen LogP) is 4.36. The highest BCUT2D eigenvalue weighted by Crippen LogP contribution is 2.30. The smallest absolute Gasteiger partial charge is 0.229 e. The minimum atomic E-state index is -0.305. The summed E-state index contributed by atoms with van der Waals surface area (Å²) in [7, 11) is 0. The van der Waals surface area contributed by atoms with E-state index in [0.29, 0.717) is 29.4 Å². The van der Waals surface area contributed by atoms with Crippen molar-refractivity contribution < 1.29 is 13.6 Å². The molecule has 2 aromatic heterocycles. The molecule has 0 unspecified atom stereocenters. The third-order valence-electron chi connectivity index (χ3n) is 3.23. The number of fused-ring (bicyclic) bond motifs is 1. The summed E-state index contributed by atoms with van der Waals surface area (Å²) in [5.41, 5.74) is 0.690. The number of hydrogen-bond donors (Lipinski definition) is 0. The van der Waals surface area contributed by atoms with Crippen molar-refractivity contribution in [2.45, 2.75) is 26.3 Å². The van der Waals surface area contributed by atoms with Crippen molar-refractivity contribution in [2.75, 3.05) is 4.90 Å². The Hall–Kier alpha value is -2.21. The SMILES string of the molecule is CCCC(=O)N(Cc1ccco1)c1nc2ccc(F)cc2s1. The monoisotopic (exact) mass is 318 g/mol. The zero-order chi connectivity index (χ0) is 15.5. The van der Waals surface area contributed by atoms with Gasteiger partial charge in [-0.25, -0.2) is 9.37 Å². The van der Waals surface area contributed by atoms with Crippen LogP contribution in [0, 0.1) is 5.82 Å². The van der Waals surface area contributed by atoms with E-state index < -0.39 is 0 Å².